The molecule has 1 aliphatic rings. The number of amides is 1. The van der Waals surface area contributed by atoms with Crippen LogP contribution < -0.4 is 4.74 Å². The SMILES string of the molecule is CCN(C(=O)C(C)Oc1cccc(C(C)C)c1)C1CCS(=O)(=O)C1. The van der Waals surface area contributed by atoms with Crippen molar-refractivity contribution in [3.05, 3.63) is 29.8 Å². The zero-order valence-corrected chi connectivity index (χ0v) is 15.7. The molecule has 0 radical (unpaired) electrons. The van der Waals surface area contributed by atoms with E-state index in [4.69, 9.17) is 4.74 Å². The van der Waals surface area contributed by atoms with E-state index in [1.807, 2.05) is 31.2 Å². The van der Waals surface area contributed by atoms with Crippen molar-refractivity contribution in [3.8, 4) is 5.75 Å². The third kappa shape index (κ3) is 4.50. The molecule has 1 saturated heterocycles. The molecule has 2 rings (SSSR count). The number of hydrogen-bond donors (Lipinski definition) is 0. The molecule has 0 spiro atoms. The average Bonchev–Trinajstić information content (AvgIpc) is 2.88. The van der Waals surface area contributed by atoms with E-state index in [1.165, 1.54) is 0 Å². The first-order valence-corrected chi connectivity index (χ1v) is 10.3. The van der Waals surface area contributed by atoms with Crippen LogP contribution in [0.5, 0.6) is 5.75 Å². The largest absolute Gasteiger partial charge is 0.481 e. The Morgan fingerprint density at radius 3 is 2.58 bits per heavy atom. The summed E-state index contributed by atoms with van der Waals surface area (Å²) in [4.78, 5) is 14.3. The monoisotopic (exact) mass is 353 g/mol. The molecule has 1 amide bonds. The van der Waals surface area contributed by atoms with Crippen LogP contribution in [-0.4, -0.2) is 49.4 Å². The van der Waals surface area contributed by atoms with Gasteiger partial charge in [0.15, 0.2) is 15.9 Å². The fourth-order valence-corrected chi connectivity index (χ4v) is 4.78. The molecule has 1 fully saturated rings. The summed E-state index contributed by atoms with van der Waals surface area (Å²) in [6.07, 6.45) is -0.132. The Morgan fingerprint density at radius 1 is 1.33 bits per heavy atom. The molecule has 134 valence electrons. The number of hydrogen-bond acceptors (Lipinski definition) is 4. The second-order valence-corrected chi connectivity index (χ2v) is 8.90. The standard InChI is InChI=1S/C18H27NO4S/c1-5-19(16-9-10-24(21,22)12-16)18(20)14(4)23-17-8-6-7-15(11-17)13(2)3/h6-8,11,13-14,16H,5,9-10,12H2,1-4H3. The molecular weight excluding hydrogens is 326 g/mol. The number of likely N-dealkylation sites (N-methyl/N-ethyl adjacent to an activating group) is 1. The molecular formula is C18H27NO4S. The lowest BCUT2D eigenvalue weighted by atomic mass is 10.0. The van der Waals surface area contributed by atoms with Gasteiger partial charge in [0.25, 0.3) is 5.91 Å². The zero-order chi connectivity index (χ0) is 17.9. The minimum absolute atomic E-state index is 0.0577. The van der Waals surface area contributed by atoms with Crippen LogP contribution in [0.2, 0.25) is 0 Å². The molecule has 24 heavy (non-hydrogen) atoms. The summed E-state index contributed by atoms with van der Waals surface area (Å²) in [5.41, 5.74) is 1.15. The summed E-state index contributed by atoms with van der Waals surface area (Å²) in [5, 5.41) is 0. The van der Waals surface area contributed by atoms with Crippen molar-refractivity contribution >= 4 is 15.7 Å². The second-order valence-electron chi connectivity index (χ2n) is 6.67. The van der Waals surface area contributed by atoms with Crippen LogP contribution in [0.1, 0.15) is 45.6 Å². The van der Waals surface area contributed by atoms with Gasteiger partial charge in [0.2, 0.25) is 0 Å². The van der Waals surface area contributed by atoms with E-state index >= 15 is 0 Å². The van der Waals surface area contributed by atoms with E-state index in [0.29, 0.717) is 24.6 Å². The predicted octanol–water partition coefficient (Wildman–Crippen LogP) is 2.61. The molecule has 2 atom stereocenters. The Balaban J connectivity index is 2.06. The summed E-state index contributed by atoms with van der Waals surface area (Å²) in [6.45, 7) is 8.28. The molecule has 6 heteroatoms. The van der Waals surface area contributed by atoms with E-state index in [0.717, 1.165) is 5.56 Å². The minimum atomic E-state index is -3.02. The predicted molar refractivity (Wildman–Crippen MR) is 95.1 cm³/mol. The highest BCUT2D eigenvalue weighted by Gasteiger charge is 2.35. The highest BCUT2D eigenvalue weighted by Crippen LogP contribution is 2.23. The first-order chi connectivity index (χ1) is 11.2. The first-order valence-electron chi connectivity index (χ1n) is 8.51. The van der Waals surface area contributed by atoms with Gasteiger partial charge in [-0.1, -0.05) is 26.0 Å². The van der Waals surface area contributed by atoms with Crippen molar-refractivity contribution in [2.75, 3.05) is 18.1 Å². The molecule has 1 heterocycles. The van der Waals surface area contributed by atoms with Crippen molar-refractivity contribution in [1.82, 2.24) is 4.90 Å². The Bertz CT molecular complexity index is 684. The highest BCUT2D eigenvalue weighted by molar-refractivity contribution is 7.91. The maximum Gasteiger partial charge on any atom is 0.263 e. The fourth-order valence-electron chi connectivity index (χ4n) is 3.05. The molecule has 0 N–H and O–H groups in total. The molecule has 0 bridgehead atoms. The van der Waals surface area contributed by atoms with Crippen molar-refractivity contribution < 1.29 is 17.9 Å². The number of carbonyl (C=O) groups is 1. The Hall–Kier alpha value is -1.56. The molecule has 0 aliphatic carbocycles. The first kappa shape index (κ1) is 18.8. The zero-order valence-electron chi connectivity index (χ0n) is 14.9. The summed E-state index contributed by atoms with van der Waals surface area (Å²) >= 11 is 0. The fraction of sp³-hybridized carbons (Fsp3) is 0.611. The lowest BCUT2D eigenvalue weighted by molar-refractivity contribution is -0.139. The van der Waals surface area contributed by atoms with Crippen LogP contribution in [0.4, 0.5) is 0 Å². The summed E-state index contributed by atoms with van der Waals surface area (Å²) < 4.78 is 29.2. The van der Waals surface area contributed by atoms with E-state index in [9.17, 15) is 13.2 Å². The molecule has 1 aromatic rings. The second kappa shape index (κ2) is 7.55. The molecule has 0 aromatic heterocycles. The van der Waals surface area contributed by atoms with Crippen LogP contribution in [0.25, 0.3) is 0 Å². The lowest BCUT2D eigenvalue weighted by Crippen LogP contribution is -2.46. The van der Waals surface area contributed by atoms with E-state index in [-0.39, 0.29) is 23.5 Å². The Labute approximate surface area is 144 Å². The number of ether oxygens (including phenoxy) is 1. The van der Waals surface area contributed by atoms with Crippen molar-refractivity contribution in [3.63, 3.8) is 0 Å². The number of carbonyl (C=O) groups excluding carboxylic acids is 1. The van der Waals surface area contributed by atoms with Crippen LogP contribution in [0.15, 0.2) is 24.3 Å². The number of benzene rings is 1. The van der Waals surface area contributed by atoms with Crippen LogP contribution >= 0.6 is 0 Å². The van der Waals surface area contributed by atoms with Crippen molar-refractivity contribution in [1.29, 1.82) is 0 Å². The van der Waals surface area contributed by atoms with Gasteiger partial charge in [-0.15, -0.1) is 0 Å². The summed E-state index contributed by atoms with van der Waals surface area (Å²) in [6, 6.07) is 7.51. The van der Waals surface area contributed by atoms with Crippen molar-refractivity contribution in [2.45, 2.75) is 52.2 Å². The van der Waals surface area contributed by atoms with Crippen LogP contribution in [-0.2, 0) is 14.6 Å². The van der Waals surface area contributed by atoms with Gasteiger partial charge in [0.1, 0.15) is 5.75 Å². The molecule has 0 saturated carbocycles. The normalized spacial score (nSPS) is 20.8. The van der Waals surface area contributed by atoms with Crippen LogP contribution in [0, 0.1) is 0 Å². The quantitative estimate of drug-likeness (QED) is 0.789. The van der Waals surface area contributed by atoms with Gasteiger partial charge in [-0.3, -0.25) is 4.79 Å². The maximum atomic E-state index is 12.7. The van der Waals surface area contributed by atoms with Gasteiger partial charge < -0.3 is 9.64 Å². The van der Waals surface area contributed by atoms with Gasteiger partial charge in [-0.25, -0.2) is 8.42 Å². The smallest absolute Gasteiger partial charge is 0.263 e. The van der Waals surface area contributed by atoms with Gasteiger partial charge in [0.05, 0.1) is 11.5 Å². The number of sulfone groups is 1. The molecule has 1 aliphatic heterocycles. The van der Waals surface area contributed by atoms with Crippen molar-refractivity contribution in [2.24, 2.45) is 0 Å². The van der Waals surface area contributed by atoms with E-state index in [2.05, 4.69) is 13.8 Å². The van der Waals surface area contributed by atoms with Gasteiger partial charge in [-0.2, -0.15) is 0 Å². The van der Waals surface area contributed by atoms with Crippen LogP contribution in [0.3, 0.4) is 0 Å². The topological polar surface area (TPSA) is 63.7 Å². The van der Waals surface area contributed by atoms with Gasteiger partial charge in [-0.05, 0) is 43.9 Å². The third-order valence-corrected chi connectivity index (χ3v) is 6.21. The highest BCUT2D eigenvalue weighted by atomic mass is 32.2. The molecule has 5 nitrogen and oxygen atoms in total. The molecule has 1 aromatic carbocycles. The molecule has 2 unspecified atom stereocenters. The van der Waals surface area contributed by atoms with Gasteiger partial charge in [0, 0.05) is 12.6 Å². The lowest BCUT2D eigenvalue weighted by Gasteiger charge is -2.29. The van der Waals surface area contributed by atoms with Gasteiger partial charge >= 0.3 is 0 Å². The Kier molecular flexibility index (Phi) is 5.91. The minimum Gasteiger partial charge on any atom is -0.481 e. The van der Waals surface area contributed by atoms with E-state index in [1.54, 1.807) is 11.8 Å². The number of rotatable bonds is 6. The maximum absolute atomic E-state index is 12.7. The van der Waals surface area contributed by atoms with E-state index < -0.39 is 15.9 Å². The Morgan fingerprint density at radius 2 is 2.04 bits per heavy atom. The number of nitrogens with zero attached hydrogens (tertiary/aromatic N) is 1. The summed E-state index contributed by atoms with van der Waals surface area (Å²) in [7, 11) is -3.02. The third-order valence-electron chi connectivity index (χ3n) is 4.46. The summed E-state index contributed by atoms with van der Waals surface area (Å²) in [5.74, 6) is 1.11. The average molecular weight is 353 g/mol.